The maximum absolute atomic E-state index is 6.53. The van der Waals surface area contributed by atoms with Crippen molar-refractivity contribution >= 4 is 10.8 Å². The topological polar surface area (TPSA) is 9.23 Å². The second-order valence-electron chi connectivity index (χ2n) is 10.5. The van der Waals surface area contributed by atoms with Crippen LogP contribution in [-0.4, -0.2) is 0 Å². The van der Waals surface area contributed by atoms with Gasteiger partial charge in [0.25, 0.3) is 0 Å². The van der Waals surface area contributed by atoms with E-state index in [1.165, 1.54) is 55.3 Å². The Bertz CT molecular complexity index is 1870. The van der Waals surface area contributed by atoms with E-state index in [9.17, 15) is 0 Å². The van der Waals surface area contributed by atoms with E-state index in [1.807, 2.05) is 0 Å². The van der Waals surface area contributed by atoms with Gasteiger partial charge in [0.15, 0.2) is 0 Å². The summed E-state index contributed by atoms with van der Waals surface area (Å²) in [5.41, 5.74) is 9.56. The van der Waals surface area contributed by atoms with Gasteiger partial charge in [-0.1, -0.05) is 115 Å². The second kappa shape index (κ2) is 8.31. The lowest BCUT2D eigenvalue weighted by molar-refractivity contribution is 0.436. The van der Waals surface area contributed by atoms with Crippen molar-refractivity contribution in [3.05, 3.63) is 179 Å². The van der Waals surface area contributed by atoms with Gasteiger partial charge in [-0.3, -0.25) is 0 Å². The molecule has 1 unspecified atom stereocenters. The van der Waals surface area contributed by atoms with Gasteiger partial charge in [0.1, 0.15) is 11.5 Å². The molecule has 6 aromatic rings. The number of fused-ring (bicyclic) bond motifs is 10. The summed E-state index contributed by atoms with van der Waals surface area (Å²) < 4.78 is 6.53. The van der Waals surface area contributed by atoms with Crippen LogP contribution in [0, 0.1) is 0 Å². The molecule has 8 rings (SSSR count). The molecule has 0 aromatic heterocycles. The summed E-state index contributed by atoms with van der Waals surface area (Å²) in [6, 6.07) is 48.3. The third-order valence-electron chi connectivity index (χ3n) is 8.58. The van der Waals surface area contributed by atoms with Crippen LogP contribution in [0.1, 0.15) is 39.3 Å². The van der Waals surface area contributed by atoms with Gasteiger partial charge in [0.2, 0.25) is 0 Å². The van der Waals surface area contributed by atoms with Crippen molar-refractivity contribution < 1.29 is 4.74 Å². The van der Waals surface area contributed by atoms with Crippen LogP contribution in [-0.2, 0) is 5.41 Å². The van der Waals surface area contributed by atoms with Crippen molar-refractivity contribution in [3.8, 4) is 22.6 Å². The van der Waals surface area contributed by atoms with Gasteiger partial charge in [0, 0.05) is 17.0 Å². The molecule has 184 valence electrons. The molecule has 0 radical (unpaired) electrons. The summed E-state index contributed by atoms with van der Waals surface area (Å²) in [5, 5.41) is 2.50. The first-order chi connectivity index (χ1) is 19.3. The zero-order valence-corrected chi connectivity index (χ0v) is 21.5. The lowest BCUT2D eigenvalue weighted by Crippen LogP contribution is -2.32. The zero-order chi connectivity index (χ0) is 26.0. The average Bonchev–Trinajstić information content (AvgIpc) is 3.26. The van der Waals surface area contributed by atoms with Crippen LogP contribution in [0.3, 0.4) is 0 Å². The van der Waals surface area contributed by atoms with Gasteiger partial charge in [-0.15, -0.1) is 6.58 Å². The third kappa shape index (κ3) is 3.02. The molecule has 0 N–H and O–H groups in total. The SMILES string of the molecule is C=CC(c1ccccc1)c1ccc2c(c1)C1(c3ccccc3Oc3ccccc31)c1cc3ccccc3cc1-2. The molecule has 1 nitrogen and oxygen atoms in total. The Labute approximate surface area is 228 Å². The molecule has 0 fully saturated rings. The Morgan fingerprint density at radius 3 is 1.79 bits per heavy atom. The smallest absolute Gasteiger partial charge is 0.132 e. The van der Waals surface area contributed by atoms with Crippen LogP contribution in [0.4, 0.5) is 0 Å². The van der Waals surface area contributed by atoms with Crippen LogP contribution < -0.4 is 4.74 Å². The van der Waals surface area contributed by atoms with Crippen LogP contribution in [0.2, 0.25) is 0 Å². The molecule has 1 aliphatic heterocycles. The van der Waals surface area contributed by atoms with E-state index < -0.39 is 5.41 Å². The molecule has 0 amide bonds. The molecule has 2 aliphatic rings. The van der Waals surface area contributed by atoms with Crippen LogP contribution in [0.15, 0.2) is 146 Å². The highest BCUT2D eigenvalue weighted by Gasteiger charge is 2.51. The lowest BCUT2D eigenvalue weighted by Gasteiger charge is -2.39. The Morgan fingerprint density at radius 2 is 1.10 bits per heavy atom. The fourth-order valence-electron chi connectivity index (χ4n) is 6.92. The Kier molecular flexibility index (Phi) is 4.72. The van der Waals surface area contributed by atoms with Crippen LogP contribution in [0.5, 0.6) is 11.5 Å². The standard InChI is InChI=1S/C38H26O/c1-2-29(25-12-4-3-5-13-25)28-20-21-30-31-22-26-14-6-7-15-27(26)23-35(31)38(34(30)24-28)32-16-8-10-18-36(32)39-37-19-11-9-17-33(37)38/h2-24,29H,1H2. The van der Waals surface area contributed by atoms with Crippen LogP contribution >= 0.6 is 0 Å². The first-order valence-electron chi connectivity index (χ1n) is 13.5. The first-order valence-corrected chi connectivity index (χ1v) is 13.5. The summed E-state index contributed by atoms with van der Waals surface area (Å²) in [4.78, 5) is 0. The minimum Gasteiger partial charge on any atom is -0.457 e. The van der Waals surface area contributed by atoms with E-state index in [0.29, 0.717) is 0 Å². The highest BCUT2D eigenvalue weighted by molar-refractivity contribution is 5.96. The summed E-state index contributed by atoms with van der Waals surface area (Å²) >= 11 is 0. The number of rotatable bonds is 3. The molecule has 0 saturated heterocycles. The van der Waals surface area contributed by atoms with Gasteiger partial charge >= 0.3 is 0 Å². The molecule has 6 aromatic carbocycles. The number of para-hydroxylation sites is 2. The second-order valence-corrected chi connectivity index (χ2v) is 10.5. The van der Waals surface area contributed by atoms with Crippen molar-refractivity contribution in [2.24, 2.45) is 0 Å². The largest absolute Gasteiger partial charge is 0.457 e. The molecule has 39 heavy (non-hydrogen) atoms. The van der Waals surface area contributed by atoms with Crippen molar-refractivity contribution in [3.63, 3.8) is 0 Å². The maximum Gasteiger partial charge on any atom is 0.132 e. The van der Waals surface area contributed by atoms with Gasteiger partial charge in [0.05, 0.1) is 5.41 Å². The molecule has 1 atom stereocenters. The number of ether oxygens (including phenoxy) is 1. The molecular weight excluding hydrogens is 472 g/mol. The highest BCUT2D eigenvalue weighted by Crippen LogP contribution is 2.62. The first kappa shape index (κ1) is 22.1. The third-order valence-corrected chi connectivity index (χ3v) is 8.58. The maximum atomic E-state index is 6.53. The van der Waals surface area contributed by atoms with Crippen LogP contribution in [0.25, 0.3) is 21.9 Å². The zero-order valence-electron chi connectivity index (χ0n) is 21.5. The minimum absolute atomic E-state index is 0.0988. The van der Waals surface area contributed by atoms with E-state index in [0.717, 1.165) is 11.5 Å². The number of hydrogen-bond donors (Lipinski definition) is 0. The van der Waals surface area contributed by atoms with E-state index in [1.54, 1.807) is 0 Å². The van der Waals surface area contributed by atoms with Crippen molar-refractivity contribution in [2.75, 3.05) is 0 Å². The minimum atomic E-state index is -0.488. The molecular formula is C38H26O. The quantitative estimate of drug-likeness (QED) is 0.220. The van der Waals surface area contributed by atoms with Gasteiger partial charge in [-0.2, -0.15) is 0 Å². The molecule has 1 heterocycles. The van der Waals surface area contributed by atoms with E-state index in [4.69, 9.17) is 4.74 Å². The molecule has 0 saturated carbocycles. The van der Waals surface area contributed by atoms with Crippen molar-refractivity contribution in [1.82, 2.24) is 0 Å². The molecule has 0 bridgehead atoms. The summed E-state index contributed by atoms with van der Waals surface area (Å²) in [7, 11) is 0. The molecule has 1 heteroatoms. The number of benzene rings is 6. The Hall–Kier alpha value is -4.88. The summed E-state index contributed by atoms with van der Waals surface area (Å²) in [6.07, 6.45) is 2.06. The average molecular weight is 499 g/mol. The Balaban J connectivity index is 1.51. The van der Waals surface area contributed by atoms with E-state index in [2.05, 4.69) is 146 Å². The van der Waals surface area contributed by atoms with E-state index in [-0.39, 0.29) is 5.92 Å². The molecule has 1 spiro atoms. The predicted molar refractivity (Wildman–Crippen MR) is 160 cm³/mol. The monoisotopic (exact) mass is 498 g/mol. The molecule has 1 aliphatic carbocycles. The number of hydrogen-bond acceptors (Lipinski definition) is 1. The van der Waals surface area contributed by atoms with Gasteiger partial charge in [-0.05, 0) is 68.4 Å². The predicted octanol–water partition coefficient (Wildman–Crippen LogP) is 9.63. The fraction of sp³-hybridized carbons (Fsp3) is 0.0526. The summed E-state index contributed by atoms with van der Waals surface area (Å²) in [6.45, 7) is 4.24. The highest BCUT2D eigenvalue weighted by atomic mass is 16.5. The fourth-order valence-corrected chi connectivity index (χ4v) is 6.92. The van der Waals surface area contributed by atoms with Gasteiger partial charge < -0.3 is 4.74 Å². The van der Waals surface area contributed by atoms with E-state index >= 15 is 0 Å². The normalized spacial score (nSPS) is 14.6. The Morgan fingerprint density at radius 1 is 0.513 bits per heavy atom. The van der Waals surface area contributed by atoms with Crippen molar-refractivity contribution in [2.45, 2.75) is 11.3 Å². The lowest BCUT2D eigenvalue weighted by atomic mass is 9.65. The number of allylic oxidation sites excluding steroid dienone is 1. The summed E-state index contributed by atoms with van der Waals surface area (Å²) in [5.74, 6) is 1.93. The van der Waals surface area contributed by atoms with Gasteiger partial charge in [-0.25, -0.2) is 0 Å². The van der Waals surface area contributed by atoms with Crippen molar-refractivity contribution in [1.29, 1.82) is 0 Å².